The monoisotopic (exact) mass is 417 g/mol. The molecule has 5 nitrogen and oxygen atoms in total. The number of piperidine rings is 1. The Morgan fingerprint density at radius 1 is 1.31 bits per heavy atom. The van der Waals surface area contributed by atoms with E-state index < -0.39 is 0 Å². The summed E-state index contributed by atoms with van der Waals surface area (Å²) in [5.74, 6) is 2.36. The molecular formula is C20H24BrN3O2. The summed E-state index contributed by atoms with van der Waals surface area (Å²) in [7, 11) is 0. The number of amides is 1. The standard InChI is InChI=1S/C20H24BrN3O2/c1-13-11-16(5-6-17(13)21)18(25)24-9-7-20(8-10-24,12-15-3-4-15)19-22-14(2)26-23-19/h5-6,11,15H,3-4,7-10,12H2,1-2H3. The quantitative estimate of drug-likeness (QED) is 0.738. The average molecular weight is 418 g/mol. The van der Waals surface area contributed by atoms with E-state index in [4.69, 9.17) is 4.52 Å². The zero-order chi connectivity index (χ0) is 18.3. The molecule has 0 radical (unpaired) electrons. The molecule has 1 aliphatic carbocycles. The Morgan fingerprint density at radius 3 is 2.62 bits per heavy atom. The lowest BCUT2D eigenvalue weighted by atomic mass is 9.73. The van der Waals surface area contributed by atoms with Crippen LogP contribution in [0.15, 0.2) is 27.2 Å². The van der Waals surface area contributed by atoms with Gasteiger partial charge in [0.2, 0.25) is 5.89 Å². The predicted molar refractivity (Wildman–Crippen MR) is 102 cm³/mol. The Morgan fingerprint density at radius 2 is 2.04 bits per heavy atom. The Balaban J connectivity index is 1.50. The van der Waals surface area contributed by atoms with Gasteiger partial charge in [-0.3, -0.25) is 4.79 Å². The van der Waals surface area contributed by atoms with E-state index in [0.717, 1.165) is 59.7 Å². The van der Waals surface area contributed by atoms with Gasteiger partial charge >= 0.3 is 0 Å². The smallest absolute Gasteiger partial charge is 0.253 e. The molecule has 6 heteroatoms. The zero-order valence-corrected chi connectivity index (χ0v) is 16.9. The van der Waals surface area contributed by atoms with Crippen molar-refractivity contribution in [2.75, 3.05) is 13.1 Å². The van der Waals surface area contributed by atoms with Crippen molar-refractivity contribution in [3.05, 3.63) is 45.5 Å². The topological polar surface area (TPSA) is 59.2 Å². The van der Waals surface area contributed by atoms with Gasteiger partial charge in [0.15, 0.2) is 5.82 Å². The van der Waals surface area contributed by atoms with E-state index in [1.54, 1.807) is 0 Å². The van der Waals surface area contributed by atoms with E-state index in [-0.39, 0.29) is 11.3 Å². The molecule has 1 aliphatic heterocycles. The fourth-order valence-electron chi connectivity index (χ4n) is 4.01. The van der Waals surface area contributed by atoms with Crippen LogP contribution in [0.5, 0.6) is 0 Å². The molecule has 2 aromatic rings. The number of hydrogen-bond acceptors (Lipinski definition) is 4. The molecule has 1 saturated heterocycles. The minimum absolute atomic E-state index is 0.0364. The summed E-state index contributed by atoms with van der Waals surface area (Å²) in [6, 6.07) is 5.81. The van der Waals surface area contributed by atoms with Gasteiger partial charge in [-0.15, -0.1) is 0 Å². The molecule has 2 heterocycles. The highest BCUT2D eigenvalue weighted by Crippen LogP contribution is 2.46. The third kappa shape index (κ3) is 3.43. The number of likely N-dealkylation sites (tertiary alicyclic amines) is 1. The first-order valence-electron chi connectivity index (χ1n) is 9.33. The van der Waals surface area contributed by atoms with Gasteiger partial charge in [-0.2, -0.15) is 4.98 Å². The molecule has 2 aliphatic rings. The van der Waals surface area contributed by atoms with E-state index in [9.17, 15) is 4.79 Å². The van der Waals surface area contributed by atoms with Crippen molar-refractivity contribution in [1.82, 2.24) is 15.0 Å². The lowest BCUT2D eigenvalue weighted by Crippen LogP contribution is -2.46. The number of carbonyl (C=O) groups is 1. The number of aryl methyl sites for hydroxylation is 2. The number of benzene rings is 1. The van der Waals surface area contributed by atoms with Gasteiger partial charge in [0.25, 0.3) is 5.91 Å². The first kappa shape index (κ1) is 17.7. The molecular weight excluding hydrogens is 394 g/mol. The summed E-state index contributed by atoms with van der Waals surface area (Å²) in [6.07, 6.45) is 5.54. The summed E-state index contributed by atoms with van der Waals surface area (Å²) in [5.41, 5.74) is 1.81. The second-order valence-corrected chi connectivity index (χ2v) is 8.68. The number of carbonyl (C=O) groups excluding carboxylic acids is 1. The highest BCUT2D eigenvalue weighted by Gasteiger charge is 2.44. The molecule has 2 fully saturated rings. The van der Waals surface area contributed by atoms with Crippen molar-refractivity contribution in [3.8, 4) is 0 Å². The zero-order valence-electron chi connectivity index (χ0n) is 15.3. The number of aromatic nitrogens is 2. The third-order valence-electron chi connectivity index (χ3n) is 5.79. The van der Waals surface area contributed by atoms with E-state index in [0.29, 0.717) is 5.89 Å². The number of nitrogens with zero attached hydrogens (tertiary/aromatic N) is 3. The summed E-state index contributed by atoms with van der Waals surface area (Å²) < 4.78 is 6.30. The number of rotatable bonds is 4. The van der Waals surface area contributed by atoms with Gasteiger partial charge in [0, 0.05) is 35.5 Å². The second kappa shape index (κ2) is 6.80. The van der Waals surface area contributed by atoms with Gasteiger partial charge in [0.1, 0.15) is 0 Å². The Bertz CT molecular complexity index is 820. The van der Waals surface area contributed by atoms with Gasteiger partial charge < -0.3 is 9.42 Å². The maximum absolute atomic E-state index is 12.9. The van der Waals surface area contributed by atoms with Crippen LogP contribution in [0.1, 0.15) is 59.7 Å². The Hall–Kier alpha value is -1.69. The van der Waals surface area contributed by atoms with Crippen molar-refractivity contribution in [1.29, 1.82) is 0 Å². The fraction of sp³-hybridized carbons (Fsp3) is 0.550. The molecule has 1 aromatic carbocycles. The molecule has 26 heavy (non-hydrogen) atoms. The van der Waals surface area contributed by atoms with Crippen LogP contribution in [0.2, 0.25) is 0 Å². The lowest BCUT2D eigenvalue weighted by molar-refractivity contribution is 0.0645. The first-order valence-corrected chi connectivity index (χ1v) is 10.1. The maximum atomic E-state index is 12.9. The fourth-order valence-corrected chi connectivity index (χ4v) is 4.25. The molecule has 0 bridgehead atoms. The van der Waals surface area contributed by atoms with Crippen LogP contribution in [0.3, 0.4) is 0 Å². The van der Waals surface area contributed by atoms with Crippen LogP contribution in [0.4, 0.5) is 0 Å². The molecule has 0 N–H and O–H groups in total. The van der Waals surface area contributed by atoms with Crippen molar-refractivity contribution in [2.24, 2.45) is 5.92 Å². The van der Waals surface area contributed by atoms with Gasteiger partial charge in [0.05, 0.1) is 0 Å². The van der Waals surface area contributed by atoms with Crippen LogP contribution in [0, 0.1) is 19.8 Å². The minimum Gasteiger partial charge on any atom is -0.340 e. The number of hydrogen-bond donors (Lipinski definition) is 0. The van der Waals surface area contributed by atoms with Crippen LogP contribution >= 0.6 is 15.9 Å². The van der Waals surface area contributed by atoms with Crippen molar-refractivity contribution < 1.29 is 9.32 Å². The highest BCUT2D eigenvalue weighted by molar-refractivity contribution is 9.10. The van der Waals surface area contributed by atoms with Crippen LogP contribution in [-0.4, -0.2) is 34.0 Å². The molecule has 0 atom stereocenters. The summed E-state index contributed by atoms with van der Waals surface area (Å²) in [6.45, 7) is 5.34. The van der Waals surface area contributed by atoms with Crippen LogP contribution in [0.25, 0.3) is 0 Å². The van der Waals surface area contributed by atoms with Crippen LogP contribution < -0.4 is 0 Å². The maximum Gasteiger partial charge on any atom is 0.253 e. The van der Waals surface area contributed by atoms with Crippen molar-refractivity contribution in [3.63, 3.8) is 0 Å². The number of halogens is 1. The molecule has 4 rings (SSSR count). The minimum atomic E-state index is -0.0364. The molecule has 1 aromatic heterocycles. The Labute approximate surface area is 162 Å². The van der Waals surface area contributed by atoms with E-state index >= 15 is 0 Å². The first-order chi connectivity index (χ1) is 12.5. The molecule has 138 valence electrons. The highest BCUT2D eigenvalue weighted by atomic mass is 79.9. The Kier molecular flexibility index (Phi) is 4.63. The molecule has 0 spiro atoms. The normalized spacial score (nSPS) is 19.6. The largest absolute Gasteiger partial charge is 0.340 e. The predicted octanol–water partition coefficient (Wildman–Crippen LogP) is 4.42. The van der Waals surface area contributed by atoms with Gasteiger partial charge in [-0.25, -0.2) is 0 Å². The lowest BCUT2D eigenvalue weighted by Gasteiger charge is -2.40. The van der Waals surface area contributed by atoms with Crippen molar-refractivity contribution >= 4 is 21.8 Å². The average Bonchev–Trinajstić information content (AvgIpc) is 3.34. The van der Waals surface area contributed by atoms with Crippen LogP contribution in [-0.2, 0) is 5.41 Å². The molecule has 1 saturated carbocycles. The summed E-state index contributed by atoms with van der Waals surface area (Å²) >= 11 is 3.50. The molecule has 0 unspecified atom stereocenters. The third-order valence-corrected chi connectivity index (χ3v) is 6.68. The second-order valence-electron chi connectivity index (χ2n) is 7.82. The van der Waals surface area contributed by atoms with Gasteiger partial charge in [-0.05, 0) is 55.9 Å². The summed E-state index contributed by atoms with van der Waals surface area (Å²) in [4.78, 5) is 19.4. The van der Waals surface area contributed by atoms with E-state index in [2.05, 4.69) is 26.1 Å². The summed E-state index contributed by atoms with van der Waals surface area (Å²) in [5, 5.41) is 4.25. The van der Waals surface area contributed by atoms with E-state index in [1.165, 1.54) is 12.8 Å². The van der Waals surface area contributed by atoms with E-state index in [1.807, 2.05) is 36.9 Å². The SMILES string of the molecule is Cc1nc(C2(CC3CC3)CCN(C(=O)c3ccc(Br)c(C)c3)CC2)no1. The van der Waals surface area contributed by atoms with Gasteiger partial charge in [-0.1, -0.05) is 33.9 Å². The van der Waals surface area contributed by atoms with Crippen molar-refractivity contribution in [2.45, 2.75) is 51.4 Å². The molecule has 1 amide bonds.